The monoisotopic (exact) mass is 397 g/mol. The Bertz CT molecular complexity index is 971. The topological polar surface area (TPSA) is 30.8 Å². The minimum atomic E-state index is -0.266. The van der Waals surface area contributed by atoms with Crippen molar-refractivity contribution in [2.45, 2.75) is 20.5 Å². The first-order valence-electron chi connectivity index (χ1n) is 8.99. The SMILES string of the molecule is CCOc1cc(C=Nc2cc(Cl)ccc2C)ccc1OCc1ccc(F)cc1. The second-order valence-electron chi connectivity index (χ2n) is 6.24. The summed E-state index contributed by atoms with van der Waals surface area (Å²) in [6.45, 7) is 4.75. The van der Waals surface area contributed by atoms with Crippen molar-refractivity contribution in [3.8, 4) is 11.5 Å². The van der Waals surface area contributed by atoms with Crippen molar-refractivity contribution in [2.24, 2.45) is 4.99 Å². The molecule has 5 heteroatoms. The highest BCUT2D eigenvalue weighted by Gasteiger charge is 2.07. The van der Waals surface area contributed by atoms with Crippen LogP contribution in [-0.2, 0) is 6.61 Å². The summed E-state index contributed by atoms with van der Waals surface area (Å²) in [7, 11) is 0. The van der Waals surface area contributed by atoms with E-state index in [0.29, 0.717) is 29.7 Å². The fourth-order valence-electron chi connectivity index (χ4n) is 2.60. The van der Waals surface area contributed by atoms with Gasteiger partial charge in [0, 0.05) is 11.2 Å². The van der Waals surface area contributed by atoms with Crippen LogP contribution in [0.1, 0.15) is 23.6 Å². The van der Waals surface area contributed by atoms with Crippen LogP contribution >= 0.6 is 11.6 Å². The predicted octanol–water partition coefficient (Wildman–Crippen LogP) is 6.52. The van der Waals surface area contributed by atoms with Crippen LogP contribution in [0.5, 0.6) is 11.5 Å². The van der Waals surface area contributed by atoms with E-state index in [0.717, 1.165) is 22.4 Å². The van der Waals surface area contributed by atoms with Crippen molar-refractivity contribution >= 4 is 23.5 Å². The summed E-state index contributed by atoms with van der Waals surface area (Å²) in [5.41, 5.74) is 3.63. The molecule has 3 aromatic rings. The van der Waals surface area contributed by atoms with Crippen molar-refractivity contribution in [3.63, 3.8) is 0 Å². The number of aliphatic imine (C=N–C) groups is 1. The molecule has 0 spiro atoms. The minimum Gasteiger partial charge on any atom is -0.490 e. The van der Waals surface area contributed by atoms with E-state index in [9.17, 15) is 4.39 Å². The third kappa shape index (κ3) is 5.33. The van der Waals surface area contributed by atoms with E-state index in [1.165, 1.54) is 12.1 Å². The number of benzene rings is 3. The Morgan fingerprint density at radius 2 is 1.75 bits per heavy atom. The lowest BCUT2D eigenvalue weighted by Gasteiger charge is -2.12. The van der Waals surface area contributed by atoms with Crippen LogP contribution in [-0.4, -0.2) is 12.8 Å². The number of aryl methyl sites for hydroxylation is 1. The zero-order chi connectivity index (χ0) is 19.9. The normalized spacial score (nSPS) is 11.0. The quantitative estimate of drug-likeness (QED) is 0.425. The fourth-order valence-corrected chi connectivity index (χ4v) is 2.77. The Kier molecular flexibility index (Phi) is 6.66. The molecule has 0 unspecified atom stereocenters. The molecular formula is C23H21ClFNO2. The van der Waals surface area contributed by atoms with E-state index in [2.05, 4.69) is 4.99 Å². The number of nitrogens with zero attached hydrogens (tertiary/aromatic N) is 1. The van der Waals surface area contributed by atoms with Gasteiger partial charge in [0.25, 0.3) is 0 Å². The van der Waals surface area contributed by atoms with E-state index >= 15 is 0 Å². The van der Waals surface area contributed by atoms with E-state index in [4.69, 9.17) is 21.1 Å². The molecular weight excluding hydrogens is 377 g/mol. The third-order valence-electron chi connectivity index (χ3n) is 4.10. The van der Waals surface area contributed by atoms with Gasteiger partial charge in [-0.15, -0.1) is 0 Å². The van der Waals surface area contributed by atoms with E-state index in [1.807, 2.05) is 50.2 Å². The van der Waals surface area contributed by atoms with Crippen LogP contribution in [0.15, 0.2) is 65.7 Å². The molecule has 0 fully saturated rings. The van der Waals surface area contributed by atoms with Gasteiger partial charge >= 0.3 is 0 Å². The molecule has 0 aliphatic heterocycles. The largest absolute Gasteiger partial charge is 0.490 e. The number of hydrogen-bond donors (Lipinski definition) is 0. The van der Waals surface area contributed by atoms with Gasteiger partial charge in [0.15, 0.2) is 11.5 Å². The maximum absolute atomic E-state index is 13.0. The highest BCUT2D eigenvalue weighted by atomic mass is 35.5. The Morgan fingerprint density at radius 3 is 2.50 bits per heavy atom. The van der Waals surface area contributed by atoms with E-state index in [1.54, 1.807) is 18.3 Å². The maximum Gasteiger partial charge on any atom is 0.161 e. The Hall–Kier alpha value is -2.85. The average molecular weight is 398 g/mol. The van der Waals surface area contributed by atoms with Crippen molar-refractivity contribution in [1.29, 1.82) is 0 Å². The Balaban J connectivity index is 1.77. The van der Waals surface area contributed by atoms with Crippen LogP contribution < -0.4 is 9.47 Å². The summed E-state index contributed by atoms with van der Waals surface area (Å²) in [5, 5.41) is 0.650. The van der Waals surface area contributed by atoms with Gasteiger partial charge in [0.05, 0.1) is 12.3 Å². The molecule has 3 nitrogen and oxygen atoms in total. The van der Waals surface area contributed by atoms with Gasteiger partial charge in [-0.2, -0.15) is 0 Å². The first-order chi connectivity index (χ1) is 13.5. The van der Waals surface area contributed by atoms with Crippen molar-refractivity contribution in [3.05, 3.63) is 88.2 Å². The molecule has 0 bridgehead atoms. The maximum atomic E-state index is 13.0. The molecule has 0 saturated carbocycles. The second kappa shape index (κ2) is 9.38. The lowest BCUT2D eigenvalue weighted by molar-refractivity contribution is 0.269. The molecule has 144 valence electrons. The summed E-state index contributed by atoms with van der Waals surface area (Å²) in [6.07, 6.45) is 1.77. The smallest absolute Gasteiger partial charge is 0.161 e. The molecule has 3 rings (SSSR count). The number of rotatable bonds is 7. The van der Waals surface area contributed by atoms with E-state index < -0.39 is 0 Å². The number of ether oxygens (including phenoxy) is 2. The van der Waals surface area contributed by atoms with Gasteiger partial charge in [-0.25, -0.2) is 4.39 Å². The summed E-state index contributed by atoms with van der Waals surface area (Å²) >= 11 is 6.05. The summed E-state index contributed by atoms with van der Waals surface area (Å²) < 4.78 is 24.6. The van der Waals surface area contributed by atoms with Crippen LogP contribution in [0.4, 0.5) is 10.1 Å². The van der Waals surface area contributed by atoms with Gasteiger partial charge in [-0.3, -0.25) is 4.99 Å². The zero-order valence-corrected chi connectivity index (χ0v) is 16.5. The molecule has 3 aromatic carbocycles. The molecule has 0 amide bonds. The molecule has 0 atom stereocenters. The standard InChI is InChI=1S/C23H21ClFNO2/c1-3-27-23-12-18(14-26-21-13-19(24)8-4-16(21)2)7-11-22(23)28-15-17-5-9-20(25)10-6-17/h4-14H,3,15H2,1-2H3. The molecule has 0 heterocycles. The van der Waals surface area contributed by atoms with E-state index in [-0.39, 0.29) is 5.82 Å². The molecule has 0 aromatic heterocycles. The Morgan fingerprint density at radius 1 is 0.964 bits per heavy atom. The summed E-state index contributed by atoms with van der Waals surface area (Å²) in [4.78, 5) is 4.53. The van der Waals surface area contributed by atoms with Crippen molar-refractivity contribution in [1.82, 2.24) is 0 Å². The summed E-state index contributed by atoms with van der Waals surface area (Å²) in [5.74, 6) is 0.996. The highest BCUT2D eigenvalue weighted by molar-refractivity contribution is 6.30. The first kappa shape index (κ1) is 19.9. The van der Waals surface area contributed by atoms with Gasteiger partial charge in [-0.05, 0) is 73.0 Å². The van der Waals surface area contributed by atoms with Crippen LogP contribution in [0.25, 0.3) is 0 Å². The third-order valence-corrected chi connectivity index (χ3v) is 4.33. The number of halogens is 2. The molecule has 0 radical (unpaired) electrons. The average Bonchev–Trinajstić information content (AvgIpc) is 2.69. The van der Waals surface area contributed by atoms with Gasteiger partial charge in [0.2, 0.25) is 0 Å². The fraction of sp³-hybridized carbons (Fsp3) is 0.174. The zero-order valence-electron chi connectivity index (χ0n) is 15.8. The molecule has 0 saturated heterocycles. The lowest BCUT2D eigenvalue weighted by Crippen LogP contribution is -2.00. The molecule has 0 aliphatic rings. The molecule has 28 heavy (non-hydrogen) atoms. The lowest BCUT2D eigenvalue weighted by atomic mass is 10.2. The predicted molar refractivity (Wildman–Crippen MR) is 112 cm³/mol. The second-order valence-corrected chi connectivity index (χ2v) is 6.68. The first-order valence-corrected chi connectivity index (χ1v) is 9.37. The van der Waals surface area contributed by atoms with Gasteiger partial charge in [0.1, 0.15) is 12.4 Å². The highest BCUT2D eigenvalue weighted by Crippen LogP contribution is 2.29. The van der Waals surface area contributed by atoms with Crippen LogP contribution in [0.3, 0.4) is 0 Å². The Labute approximate surface area is 169 Å². The van der Waals surface area contributed by atoms with Crippen molar-refractivity contribution in [2.75, 3.05) is 6.61 Å². The van der Waals surface area contributed by atoms with Crippen molar-refractivity contribution < 1.29 is 13.9 Å². The molecule has 0 N–H and O–H groups in total. The summed E-state index contributed by atoms with van der Waals surface area (Å²) in [6, 6.07) is 17.5. The van der Waals surface area contributed by atoms with Crippen LogP contribution in [0, 0.1) is 12.7 Å². The number of hydrogen-bond acceptors (Lipinski definition) is 3. The van der Waals surface area contributed by atoms with Crippen LogP contribution in [0.2, 0.25) is 5.02 Å². The van der Waals surface area contributed by atoms with Gasteiger partial charge < -0.3 is 9.47 Å². The van der Waals surface area contributed by atoms with Gasteiger partial charge in [-0.1, -0.05) is 29.8 Å². The minimum absolute atomic E-state index is 0.266. The molecule has 0 aliphatic carbocycles.